The maximum absolute atomic E-state index is 13.7. The predicted molar refractivity (Wildman–Crippen MR) is 61.8 cm³/mol. The number of aliphatic hydroxyl groups excluding tert-OH is 1. The Bertz CT molecular complexity index is 584. The van der Waals surface area contributed by atoms with Crippen molar-refractivity contribution in [3.05, 3.63) is 70.0 Å². The third-order valence-corrected chi connectivity index (χ3v) is 2.82. The highest BCUT2D eigenvalue weighted by Gasteiger charge is 2.20. The Morgan fingerprint density at radius 3 is 2.44 bits per heavy atom. The van der Waals surface area contributed by atoms with E-state index in [0.717, 1.165) is 18.2 Å². The fourth-order valence-corrected chi connectivity index (χ4v) is 1.81. The van der Waals surface area contributed by atoms with Gasteiger partial charge in [-0.25, -0.2) is 13.2 Å². The maximum atomic E-state index is 13.7. The van der Waals surface area contributed by atoms with Crippen molar-refractivity contribution in [2.45, 2.75) is 6.10 Å². The van der Waals surface area contributed by atoms with Crippen LogP contribution in [0.3, 0.4) is 0 Å². The second-order valence-electron chi connectivity index (χ2n) is 3.71. The van der Waals surface area contributed by atoms with Crippen molar-refractivity contribution in [2.75, 3.05) is 0 Å². The summed E-state index contributed by atoms with van der Waals surface area (Å²) in [5, 5.41) is 9.71. The molecule has 1 nitrogen and oxygen atoms in total. The van der Waals surface area contributed by atoms with Crippen LogP contribution in [0.1, 0.15) is 17.2 Å². The van der Waals surface area contributed by atoms with Gasteiger partial charge in [-0.05, 0) is 24.3 Å². The Balaban J connectivity index is 2.51. The number of hydrogen-bond donors (Lipinski definition) is 1. The van der Waals surface area contributed by atoms with Crippen molar-refractivity contribution in [1.29, 1.82) is 0 Å². The summed E-state index contributed by atoms with van der Waals surface area (Å²) in [7, 11) is 0. The molecular formula is C13H8ClF3O. The van der Waals surface area contributed by atoms with Crippen LogP contribution in [-0.4, -0.2) is 5.11 Å². The van der Waals surface area contributed by atoms with Gasteiger partial charge in [0.05, 0.1) is 5.02 Å². The van der Waals surface area contributed by atoms with E-state index in [-0.39, 0.29) is 16.1 Å². The molecule has 18 heavy (non-hydrogen) atoms. The van der Waals surface area contributed by atoms with Crippen LogP contribution in [0.25, 0.3) is 0 Å². The van der Waals surface area contributed by atoms with Crippen molar-refractivity contribution < 1.29 is 18.3 Å². The molecule has 0 aliphatic carbocycles. The van der Waals surface area contributed by atoms with Gasteiger partial charge < -0.3 is 5.11 Å². The molecule has 0 aliphatic rings. The van der Waals surface area contributed by atoms with E-state index in [2.05, 4.69) is 0 Å². The molecule has 94 valence electrons. The number of benzene rings is 2. The summed E-state index contributed by atoms with van der Waals surface area (Å²) in [6.45, 7) is 0. The average molecular weight is 273 g/mol. The molecule has 0 radical (unpaired) electrons. The van der Waals surface area contributed by atoms with Gasteiger partial charge in [-0.3, -0.25) is 0 Å². The molecule has 0 aliphatic heterocycles. The van der Waals surface area contributed by atoms with Gasteiger partial charge in [0, 0.05) is 11.1 Å². The second kappa shape index (κ2) is 5.00. The van der Waals surface area contributed by atoms with E-state index in [1.54, 1.807) is 0 Å². The number of hydrogen-bond acceptors (Lipinski definition) is 1. The zero-order valence-electron chi connectivity index (χ0n) is 9.00. The largest absolute Gasteiger partial charge is 0.383 e. The van der Waals surface area contributed by atoms with E-state index in [4.69, 9.17) is 11.6 Å². The van der Waals surface area contributed by atoms with Gasteiger partial charge >= 0.3 is 0 Å². The quantitative estimate of drug-likeness (QED) is 0.881. The smallest absolute Gasteiger partial charge is 0.147 e. The minimum Gasteiger partial charge on any atom is -0.383 e. The van der Waals surface area contributed by atoms with Gasteiger partial charge in [-0.1, -0.05) is 23.7 Å². The monoisotopic (exact) mass is 272 g/mol. The van der Waals surface area contributed by atoms with Gasteiger partial charge in [-0.2, -0.15) is 0 Å². The standard InChI is InChI=1S/C13H8ClF3O/c14-10-3-1-2-8(12(10)17)13(18)9-6-7(15)4-5-11(9)16/h1-6,13,18H. The fourth-order valence-electron chi connectivity index (χ4n) is 1.62. The molecule has 2 aromatic rings. The zero-order chi connectivity index (χ0) is 13.3. The molecule has 1 N–H and O–H groups in total. The first-order valence-corrected chi connectivity index (χ1v) is 5.45. The molecule has 0 bridgehead atoms. The summed E-state index contributed by atoms with van der Waals surface area (Å²) in [6, 6.07) is 6.59. The highest BCUT2D eigenvalue weighted by Crippen LogP contribution is 2.29. The molecule has 5 heteroatoms. The fraction of sp³-hybridized carbons (Fsp3) is 0.0769. The van der Waals surface area contributed by atoms with Crippen LogP contribution >= 0.6 is 11.6 Å². The van der Waals surface area contributed by atoms with Gasteiger partial charge in [-0.15, -0.1) is 0 Å². The van der Waals surface area contributed by atoms with Crippen LogP contribution in [-0.2, 0) is 0 Å². The predicted octanol–water partition coefficient (Wildman–Crippen LogP) is 3.84. The van der Waals surface area contributed by atoms with Gasteiger partial charge in [0.25, 0.3) is 0 Å². The Morgan fingerprint density at radius 1 is 1.00 bits per heavy atom. The number of halogens is 4. The molecule has 0 spiro atoms. The van der Waals surface area contributed by atoms with Gasteiger partial charge in [0.2, 0.25) is 0 Å². The van der Waals surface area contributed by atoms with Gasteiger partial charge in [0.1, 0.15) is 23.6 Å². The second-order valence-corrected chi connectivity index (χ2v) is 4.12. The Hall–Kier alpha value is -1.52. The van der Waals surface area contributed by atoms with E-state index in [0.29, 0.717) is 0 Å². The third-order valence-electron chi connectivity index (χ3n) is 2.53. The Kier molecular flexibility index (Phi) is 3.59. The van der Waals surface area contributed by atoms with Crippen molar-refractivity contribution >= 4 is 11.6 Å². The first kappa shape index (κ1) is 12.9. The van der Waals surface area contributed by atoms with Crippen molar-refractivity contribution in [3.63, 3.8) is 0 Å². The highest BCUT2D eigenvalue weighted by molar-refractivity contribution is 6.30. The van der Waals surface area contributed by atoms with Crippen LogP contribution in [0.4, 0.5) is 13.2 Å². The lowest BCUT2D eigenvalue weighted by atomic mass is 10.0. The molecule has 0 heterocycles. The SMILES string of the molecule is OC(c1cc(F)ccc1F)c1cccc(Cl)c1F. The first-order valence-electron chi connectivity index (χ1n) is 5.07. The molecule has 2 aromatic carbocycles. The van der Waals surface area contributed by atoms with E-state index in [1.165, 1.54) is 18.2 Å². The molecule has 1 atom stereocenters. The highest BCUT2D eigenvalue weighted by atomic mass is 35.5. The molecule has 0 saturated carbocycles. The summed E-state index contributed by atoms with van der Waals surface area (Å²) in [4.78, 5) is 0. The minimum absolute atomic E-state index is 0.191. The Labute approximate surface area is 106 Å². The minimum atomic E-state index is -1.61. The lowest BCUT2D eigenvalue weighted by Gasteiger charge is -2.13. The summed E-state index contributed by atoms with van der Waals surface area (Å²) in [6.07, 6.45) is -1.61. The third kappa shape index (κ3) is 2.35. The molecule has 0 saturated heterocycles. The lowest BCUT2D eigenvalue weighted by Crippen LogP contribution is -2.05. The molecule has 2 rings (SSSR count). The first-order chi connectivity index (χ1) is 8.50. The molecule has 0 amide bonds. The van der Waals surface area contributed by atoms with E-state index < -0.39 is 23.6 Å². The van der Waals surface area contributed by atoms with Crippen LogP contribution in [0, 0.1) is 17.5 Å². The molecular weight excluding hydrogens is 265 g/mol. The molecule has 0 fully saturated rings. The van der Waals surface area contributed by atoms with Crippen LogP contribution < -0.4 is 0 Å². The zero-order valence-corrected chi connectivity index (χ0v) is 9.76. The van der Waals surface area contributed by atoms with Crippen LogP contribution in [0.5, 0.6) is 0 Å². The van der Waals surface area contributed by atoms with Crippen molar-refractivity contribution in [2.24, 2.45) is 0 Å². The molecule has 0 aromatic heterocycles. The van der Waals surface area contributed by atoms with Crippen LogP contribution in [0.2, 0.25) is 5.02 Å². The average Bonchev–Trinajstić information content (AvgIpc) is 2.35. The topological polar surface area (TPSA) is 20.2 Å². The maximum Gasteiger partial charge on any atom is 0.147 e. The Morgan fingerprint density at radius 2 is 1.72 bits per heavy atom. The summed E-state index contributed by atoms with van der Waals surface area (Å²) in [5.41, 5.74) is -0.539. The van der Waals surface area contributed by atoms with Crippen LogP contribution in [0.15, 0.2) is 36.4 Å². The van der Waals surface area contributed by atoms with Gasteiger partial charge in [0.15, 0.2) is 0 Å². The van der Waals surface area contributed by atoms with E-state index >= 15 is 0 Å². The summed E-state index contributed by atoms with van der Waals surface area (Å²) in [5.74, 6) is -2.38. The molecule has 1 unspecified atom stereocenters. The summed E-state index contributed by atoms with van der Waals surface area (Å²) >= 11 is 5.56. The van der Waals surface area contributed by atoms with E-state index in [1.807, 2.05) is 0 Å². The van der Waals surface area contributed by atoms with E-state index in [9.17, 15) is 18.3 Å². The van der Waals surface area contributed by atoms with Crippen molar-refractivity contribution in [3.8, 4) is 0 Å². The number of rotatable bonds is 2. The number of aliphatic hydroxyl groups is 1. The lowest BCUT2D eigenvalue weighted by molar-refractivity contribution is 0.209. The normalized spacial score (nSPS) is 12.5. The summed E-state index contributed by atoms with van der Waals surface area (Å²) < 4.78 is 40.1. The van der Waals surface area contributed by atoms with Crippen molar-refractivity contribution in [1.82, 2.24) is 0 Å².